The first-order chi connectivity index (χ1) is 9.42. The second kappa shape index (κ2) is 5.53. The summed E-state index contributed by atoms with van der Waals surface area (Å²) in [5, 5.41) is 9.09. The quantitative estimate of drug-likeness (QED) is 0.816. The van der Waals surface area contributed by atoms with Crippen LogP contribution in [0.3, 0.4) is 0 Å². The Morgan fingerprint density at radius 2 is 1.95 bits per heavy atom. The number of nitriles is 1. The minimum absolute atomic E-state index is 0.00682. The fraction of sp³-hybridized carbons (Fsp3) is 0.0714. The molecule has 0 spiro atoms. The van der Waals surface area contributed by atoms with Gasteiger partial charge in [0, 0.05) is 5.02 Å². The summed E-state index contributed by atoms with van der Waals surface area (Å²) in [5.74, 6) is 0.0865. The summed E-state index contributed by atoms with van der Waals surface area (Å²) in [5.41, 5.74) is 0.853. The topological polar surface area (TPSA) is 67.2 Å². The van der Waals surface area contributed by atoms with Crippen LogP contribution in [0.1, 0.15) is 11.1 Å². The van der Waals surface area contributed by atoms with E-state index in [2.05, 4.69) is 0 Å². The highest BCUT2D eigenvalue weighted by molar-refractivity contribution is 7.87. The van der Waals surface area contributed by atoms with Gasteiger partial charge in [0.2, 0.25) is 0 Å². The number of benzene rings is 2. The molecule has 0 bridgehead atoms. The zero-order chi connectivity index (χ0) is 14.8. The second-order valence-electron chi connectivity index (χ2n) is 4.09. The van der Waals surface area contributed by atoms with Crippen LogP contribution in [0.15, 0.2) is 47.4 Å². The average molecular weight is 308 g/mol. The number of nitrogens with zero attached hydrogens (tertiary/aromatic N) is 1. The van der Waals surface area contributed by atoms with Gasteiger partial charge in [-0.2, -0.15) is 13.7 Å². The molecule has 0 amide bonds. The molecule has 0 aliphatic rings. The van der Waals surface area contributed by atoms with Crippen molar-refractivity contribution < 1.29 is 12.6 Å². The van der Waals surface area contributed by atoms with Crippen LogP contribution >= 0.6 is 11.6 Å². The summed E-state index contributed by atoms with van der Waals surface area (Å²) >= 11 is 5.81. The minimum atomic E-state index is -3.99. The van der Waals surface area contributed by atoms with E-state index < -0.39 is 10.1 Å². The summed E-state index contributed by atoms with van der Waals surface area (Å²) in [6, 6.07) is 12.4. The Morgan fingerprint density at radius 1 is 1.20 bits per heavy atom. The fourth-order valence-corrected chi connectivity index (χ4v) is 3.05. The molecule has 2 rings (SSSR count). The molecule has 0 heterocycles. The van der Waals surface area contributed by atoms with Crippen LogP contribution in [-0.4, -0.2) is 8.42 Å². The van der Waals surface area contributed by atoms with Crippen LogP contribution in [0.4, 0.5) is 0 Å². The summed E-state index contributed by atoms with van der Waals surface area (Å²) in [6.07, 6.45) is 0. The van der Waals surface area contributed by atoms with Crippen molar-refractivity contribution in [2.75, 3.05) is 0 Å². The lowest BCUT2D eigenvalue weighted by molar-refractivity contribution is 0.485. The Morgan fingerprint density at radius 3 is 2.65 bits per heavy atom. The first-order valence-corrected chi connectivity index (χ1v) is 7.42. The lowest BCUT2D eigenvalue weighted by atomic mass is 10.2. The zero-order valence-electron chi connectivity index (χ0n) is 10.5. The molecule has 0 radical (unpaired) electrons. The first kappa shape index (κ1) is 14.4. The molecule has 20 heavy (non-hydrogen) atoms. The molecule has 0 aliphatic heterocycles. The third-order valence-electron chi connectivity index (χ3n) is 2.59. The minimum Gasteiger partial charge on any atom is -0.379 e. The van der Waals surface area contributed by atoms with Crippen molar-refractivity contribution in [3.63, 3.8) is 0 Å². The maximum atomic E-state index is 12.2. The van der Waals surface area contributed by atoms with E-state index >= 15 is 0 Å². The van der Waals surface area contributed by atoms with Gasteiger partial charge in [0.15, 0.2) is 0 Å². The smallest absolute Gasteiger partial charge is 0.339 e. The van der Waals surface area contributed by atoms with Gasteiger partial charge in [-0.1, -0.05) is 23.7 Å². The highest BCUT2D eigenvalue weighted by atomic mass is 35.5. The van der Waals surface area contributed by atoms with E-state index in [1.165, 1.54) is 18.2 Å². The standard InChI is InChI=1S/C14H10ClNO3S/c1-10-5-6-12(15)8-14(10)20(17,18)19-13-4-2-3-11(7-13)9-16/h2-8H,1H3. The van der Waals surface area contributed by atoms with E-state index in [4.69, 9.17) is 21.0 Å². The van der Waals surface area contributed by atoms with Gasteiger partial charge in [0.1, 0.15) is 10.6 Å². The summed E-state index contributed by atoms with van der Waals surface area (Å²) in [6.45, 7) is 1.65. The van der Waals surface area contributed by atoms with Crippen LogP contribution in [0.25, 0.3) is 0 Å². The summed E-state index contributed by atoms with van der Waals surface area (Å²) in [7, 11) is -3.99. The van der Waals surface area contributed by atoms with Gasteiger partial charge >= 0.3 is 10.1 Å². The van der Waals surface area contributed by atoms with Gasteiger partial charge in [-0.15, -0.1) is 0 Å². The van der Waals surface area contributed by atoms with Gasteiger partial charge in [-0.25, -0.2) is 0 Å². The van der Waals surface area contributed by atoms with Gasteiger partial charge in [-0.3, -0.25) is 0 Å². The highest BCUT2D eigenvalue weighted by Crippen LogP contribution is 2.24. The van der Waals surface area contributed by atoms with Crippen LogP contribution in [0, 0.1) is 18.3 Å². The molecule has 0 saturated carbocycles. The molecule has 0 aromatic heterocycles. The maximum absolute atomic E-state index is 12.2. The van der Waals surface area contributed by atoms with Crippen molar-refractivity contribution in [1.82, 2.24) is 0 Å². The predicted molar refractivity (Wildman–Crippen MR) is 75.2 cm³/mol. The van der Waals surface area contributed by atoms with Crippen LogP contribution in [0.2, 0.25) is 5.02 Å². The lowest BCUT2D eigenvalue weighted by Crippen LogP contribution is -2.11. The van der Waals surface area contributed by atoms with Crippen LogP contribution in [0.5, 0.6) is 5.75 Å². The number of rotatable bonds is 3. The van der Waals surface area contributed by atoms with Gasteiger partial charge in [-0.05, 0) is 42.8 Å². The van der Waals surface area contributed by atoms with E-state index in [0.717, 1.165) is 0 Å². The highest BCUT2D eigenvalue weighted by Gasteiger charge is 2.19. The van der Waals surface area contributed by atoms with E-state index in [1.807, 2.05) is 6.07 Å². The molecule has 0 fully saturated rings. The molecule has 0 saturated heterocycles. The number of halogens is 1. The van der Waals surface area contributed by atoms with Crippen molar-refractivity contribution in [3.05, 3.63) is 58.6 Å². The Kier molecular flexibility index (Phi) is 3.98. The average Bonchev–Trinajstić information content (AvgIpc) is 2.41. The molecule has 2 aromatic rings. The van der Waals surface area contributed by atoms with Crippen molar-refractivity contribution in [2.45, 2.75) is 11.8 Å². The monoisotopic (exact) mass is 307 g/mol. The molecular weight excluding hydrogens is 298 g/mol. The Hall–Kier alpha value is -2.03. The SMILES string of the molecule is Cc1ccc(Cl)cc1S(=O)(=O)Oc1cccc(C#N)c1. The number of hydrogen-bond acceptors (Lipinski definition) is 4. The molecule has 0 atom stereocenters. The van der Waals surface area contributed by atoms with E-state index in [9.17, 15) is 8.42 Å². The molecule has 4 nitrogen and oxygen atoms in total. The van der Waals surface area contributed by atoms with Gasteiger partial charge in [0.25, 0.3) is 0 Å². The number of hydrogen-bond donors (Lipinski definition) is 0. The van der Waals surface area contributed by atoms with Crippen molar-refractivity contribution in [2.24, 2.45) is 0 Å². The molecule has 6 heteroatoms. The Labute approximate surface area is 122 Å². The van der Waals surface area contributed by atoms with Crippen molar-refractivity contribution in [3.8, 4) is 11.8 Å². The molecule has 0 unspecified atom stereocenters. The zero-order valence-corrected chi connectivity index (χ0v) is 12.1. The largest absolute Gasteiger partial charge is 0.379 e. The Bertz CT molecular complexity index is 794. The second-order valence-corrected chi connectivity index (χ2v) is 6.04. The molecule has 102 valence electrons. The van der Waals surface area contributed by atoms with Crippen LogP contribution < -0.4 is 4.18 Å². The van der Waals surface area contributed by atoms with Crippen molar-refractivity contribution >= 4 is 21.7 Å². The van der Waals surface area contributed by atoms with Gasteiger partial charge in [0.05, 0.1) is 11.6 Å². The molecule has 0 N–H and O–H groups in total. The maximum Gasteiger partial charge on any atom is 0.339 e. The van der Waals surface area contributed by atoms with Crippen LogP contribution in [-0.2, 0) is 10.1 Å². The number of aryl methyl sites for hydroxylation is 1. The molecule has 0 aliphatic carbocycles. The lowest BCUT2D eigenvalue weighted by Gasteiger charge is -2.09. The van der Waals surface area contributed by atoms with E-state index in [1.54, 1.807) is 31.2 Å². The van der Waals surface area contributed by atoms with E-state index in [-0.39, 0.29) is 10.6 Å². The molecule has 2 aromatic carbocycles. The summed E-state index contributed by atoms with van der Waals surface area (Å²) in [4.78, 5) is 0.00682. The fourth-order valence-electron chi connectivity index (χ4n) is 1.63. The van der Waals surface area contributed by atoms with E-state index in [0.29, 0.717) is 16.1 Å². The Balaban J connectivity index is 2.41. The summed E-state index contributed by atoms with van der Waals surface area (Å²) < 4.78 is 29.4. The first-order valence-electron chi connectivity index (χ1n) is 5.63. The third-order valence-corrected chi connectivity index (χ3v) is 4.21. The normalized spacial score (nSPS) is 10.8. The van der Waals surface area contributed by atoms with Crippen molar-refractivity contribution in [1.29, 1.82) is 5.26 Å². The predicted octanol–water partition coefficient (Wildman–Crippen LogP) is 3.29. The van der Waals surface area contributed by atoms with Gasteiger partial charge < -0.3 is 4.18 Å². The molecular formula is C14H10ClNO3S. The third kappa shape index (κ3) is 3.10.